The van der Waals surface area contributed by atoms with Crippen LogP contribution in [0.4, 0.5) is 13.2 Å². The van der Waals surface area contributed by atoms with Crippen LogP contribution in [-0.4, -0.2) is 17.2 Å². The number of nitrogens with one attached hydrogen (secondary N) is 1. The van der Waals surface area contributed by atoms with Crippen LogP contribution in [0.15, 0.2) is 10.6 Å². The van der Waals surface area contributed by atoms with Crippen LogP contribution in [0, 0.1) is 12.8 Å². The van der Waals surface area contributed by atoms with Gasteiger partial charge >= 0.3 is 6.18 Å². The van der Waals surface area contributed by atoms with Gasteiger partial charge in [0.25, 0.3) is 0 Å². The van der Waals surface area contributed by atoms with Crippen molar-refractivity contribution in [1.29, 1.82) is 0 Å². The largest absolute Gasteiger partial charge is 0.444 e. The fourth-order valence-electron chi connectivity index (χ4n) is 2.64. The number of aromatic nitrogens is 1. The molecule has 0 spiro atoms. The molecule has 0 radical (unpaired) electrons. The van der Waals surface area contributed by atoms with Crippen molar-refractivity contribution in [3.63, 3.8) is 0 Å². The van der Waals surface area contributed by atoms with Crippen LogP contribution in [0.1, 0.15) is 50.3 Å². The summed E-state index contributed by atoms with van der Waals surface area (Å²) in [6, 6.07) is -0.284. The first-order valence-electron chi connectivity index (χ1n) is 6.61. The van der Waals surface area contributed by atoms with E-state index < -0.39 is 12.1 Å². The normalized spacial score (nSPS) is 26.4. The quantitative estimate of drug-likeness (QED) is 0.913. The van der Waals surface area contributed by atoms with Gasteiger partial charge in [-0.05, 0) is 33.1 Å². The summed E-state index contributed by atoms with van der Waals surface area (Å²) >= 11 is 0. The molecule has 19 heavy (non-hydrogen) atoms. The Bertz CT molecular complexity index is 416. The highest BCUT2D eigenvalue weighted by Crippen LogP contribution is 2.38. The van der Waals surface area contributed by atoms with Gasteiger partial charge in [-0.3, -0.25) is 0 Å². The highest BCUT2D eigenvalue weighted by molar-refractivity contribution is 4.96. The van der Waals surface area contributed by atoms with Crippen LogP contribution in [0.3, 0.4) is 0 Å². The molecule has 3 unspecified atom stereocenters. The summed E-state index contributed by atoms with van der Waals surface area (Å²) in [4.78, 5) is 4.10. The Morgan fingerprint density at radius 2 is 2.16 bits per heavy atom. The molecule has 1 aliphatic carbocycles. The first-order chi connectivity index (χ1) is 8.86. The minimum Gasteiger partial charge on any atom is -0.444 e. The molecule has 1 aliphatic rings. The minimum atomic E-state index is -4.08. The number of hydrogen-bond donors (Lipinski definition) is 1. The smallest absolute Gasteiger partial charge is 0.391 e. The number of hydrogen-bond acceptors (Lipinski definition) is 3. The van der Waals surface area contributed by atoms with Crippen LogP contribution in [0.2, 0.25) is 0 Å². The Balaban J connectivity index is 1.92. The van der Waals surface area contributed by atoms with Gasteiger partial charge < -0.3 is 9.73 Å². The molecule has 0 aliphatic heterocycles. The molecular weight excluding hydrogens is 257 g/mol. The number of nitrogens with zero attached hydrogens (tertiary/aromatic N) is 1. The van der Waals surface area contributed by atoms with E-state index in [-0.39, 0.29) is 24.9 Å². The van der Waals surface area contributed by atoms with E-state index in [1.807, 2.05) is 6.92 Å². The van der Waals surface area contributed by atoms with Gasteiger partial charge in [-0.1, -0.05) is 6.42 Å². The van der Waals surface area contributed by atoms with E-state index in [4.69, 9.17) is 4.42 Å². The summed E-state index contributed by atoms with van der Waals surface area (Å²) in [5, 5.41) is 3.19. The van der Waals surface area contributed by atoms with Crippen molar-refractivity contribution in [3.8, 4) is 0 Å². The fraction of sp³-hybridized carbons (Fsp3) is 0.769. The van der Waals surface area contributed by atoms with Crippen molar-refractivity contribution >= 4 is 0 Å². The Labute approximate surface area is 110 Å². The van der Waals surface area contributed by atoms with Crippen molar-refractivity contribution in [1.82, 2.24) is 10.3 Å². The van der Waals surface area contributed by atoms with Gasteiger partial charge in [0.05, 0.1) is 18.2 Å². The lowest BCUT2D eigenvalue weighted by atomic mass is 9.85. The Kier molecular flexibility index (Phi) is 4.18. The maximum Gasteiger partial charge on any atom is 0.391 e. The second-order valence-electron chi connectivity index (χ2n) is 5.30. The Morgan fingerprint density at radius 3 is 2.74 bits per heavy atom. The van der Waals surface area contributed by atoms with E-state index in [1.165, 1.54) is 0 Å². The summed E-state index contributed by atoms with van der Waals surface area (Å²) < 4.78 is 43.5. The molecule has 0 aromatic carbocycles. The van der Waals surface area contributed by atoms with E-state index in [2.05, 4.69) is 10.3 Å². The second kappa shape index (κ2) is 5.53. The maximum absolute atomic E-state index is 12.7. The highest BCUT2D eigenvalue weighted by Gasteiger charge is 2.42. The molecule has 1 aromatic rings. The third-order valence-corrected chi connectivity index (χ3v) is 3.63. The zero-order valence-electron chi connectivity index (χ0n) is 11.1. The molecule has 1 aromatic heterocycles. The fourth-order valence-corrected chi connectivity index (χ4v) is 2.64. The second-order valence-corrected chi connectivity index (χ2v) is 5.30. The molecule has 0 amide bonds. The van der Waals surface area contributed by atoms with Crippen molar-refractivity contribution in [2.24, 2.45) is 5.92 Å². The Morgan fingerprint density at radius 1 is 1.42 bits per heavy atom. The molecule has 0 saturated heterocycles. The van der Waals surface area contributed by atoms with Crippen molar-refractivity contribution in [2.45, 2.75) is 57.8 Å². The number of aryl methyl sites for hydroxylation is 1. The molecule has 6 heteroatoms. The van der Waals surface area contributed by atoms with E-state index in [1.54, 1.807) is 13.1 Å². The molecular formula is C13H19F3N2O. The molecule has 1 N–H and O–H groups in total. The van der Waals surface area contributed by atoms with E-state index in [0.717, 1.165) is 6.42 Å². The standard InChI is InChI=1S/C13H19F3N2O/c1-8-7-17-12(19-8)9(2)18-11-5-3-4-10(6-11)13(14,15)16/h7,9-11,18H,3-6H2,1-2H3. The van der Waals surface area contributed by atoms with E-state index in [0.29, 0.717) is 18.1 Å². The lowest BCUT2D eigenvalue weighted by molar-refractivity contribution is -0.183. The van der Waals surface area contributed by atoms with Crippen LogP contribution >= 0.6 is 0 Å². The first-order valence-corrected chi connectivity index (χ1v) is 6.61. The summed E-state index contributed by atoms with van der Waals surface area (Å²) in [5.74, 6) is 0.0596. The molecule has 3 atom stereocenters. The molecule has 0 bridgehead atoms. The lowest BCUT2D eigenvalue weighted by Crippen LogP contribution is -2.39. The Hall–Kier alpha value is -1.04. The minimum absolute atomic E-state index is 0.123. The molecule has 1 fully saturated rings. The maximum atomic E-state index is 12.7. The SMILES string of the molecule is Cc1cnc(C(C)NC2CCCC(C(F)(F)F)C2)o1. The molecule has 108 valence electrons. The number of rotatable bonds is 3. The number of halogens is 3. The van der Waals surface area contributed by atoms with Crippen LogP contribution in [0.5, 0.6) is 0 Å². The summed E-state index contributed by atoms with van der Waals surface area (Å²) in [7, 11) is 0. The summed E-state index contributed by atoms with van der Waals surface area (Å²) in [6.45, 7) is 3.66. The zero-order valence-corrected chi connectivity index (χ0v) is 11.1. The van der Waals surface area contributed by atoms with Gasteiger partial charge in [0.2, 0.25) is 5.89 Å². The van der Waals surface area contributed by atoms with E-state index >= 15 is 0 Å². The van der Waals surface area contributed by atoms with Crippen molar-refractivity contribution < 1.29 is 17.6 Å². The van der Waals surface area contributed by atoms with Gasteiger partial charge in [-0.15, -0.1) is 0 Å². The molecule has 1 heterocycles. The average molecular weight is 276 g/mol. The molecule has 1 saturated carbocycles. The lowest BCUT2D eigenvalue weighted by Gasteiger charge is -2.32. The average Bonchev–Trinajstić information content (AvgIpc) is 2.75. The van der Waals surface area contributed by atoms with Gasteiger partial charge in [0, 0.05) is 6.04 Å². The zero-order chi connectivity index (χ0) is 14.0. The molecule has 3 nitrogen and oxygen atoms in total. The van der Waals surface area contributed by atoms with Crippen molar-refractivity contribution in [3.05, 3.63) is 17.8 Å². The number of oxazole rings is 1. The number of alkyl halides is 3. The predicted molar refractivity (Wildman–Crippen MR) is 64.6 cm³/mol. The predicted octanol–water partition coefficient (Wildman–Crippen LogP) is 3.75. The first kappa shape index (κ1) is 14.4. The van der Waals surface area contributed by atoms with Crippen molar-refractivity contribution in [2.75, 3.05) is 0 Å². The van der Waals surface area contributed by atoms with Crippen LogP contribution in [-0.2, 0) is 0 Å². The third-order valence-electron chi connectivity index (χ3n) is 3.63. The van der Waals surface area contributed by atoms with Crippen LogP contribution < -0.4 is 5.32 Å². The van der Waals surface area contributed by atoms with Crippen LogP contribution in [0.25, 0.3) is 0 Å². The summed E-state index contributed by atoms with van der Waals surface area (Å²) in [5.41, 5.74) is 0. The van der Waals surface area contributed by atoms with Gasteiger partial charge in [0.1, 0.15) is 5.76 Å². The monoisotopic (exact) mass is 276 g/mol. The van der Waals surface area contributed by atoms with Gasteiger partial charge in [-0.2, -0.15) is 13.2 Å². The van der Waals surface area contributed by atoms with E-state index in [9.17, 15) is 13.2 Å². The third kappa shape index (κ3) is 3.72. The molecule has 2 rings (SSSR count). The van der Waals surface area contributed by atoms with Gasteiger partial charge in [0.15, 0.2) is 0 Å². The topological polar surface area (TPSA) is 38.1 Å². The van der Waals surface area contributed by atoms with Gasteiger partial charge in [-0.25, -0.2) is 4.98 Å². The summed E-state index contributed by atoms with van der Waals surface area (Å²) in [6.07, 6.45) is -0.687. The highest BCUT2D eigenvalue weighted by atomic mass is 19.4.